The average Bonchev–Trinajstić information content (AvgIpc) is 3.59. The molecule has 5 aromatic rings. The number of hydrogen-bond donors (Lipinski definition) is 0. The predicted molar refractivity (Wildman–Crippen MR) is 209 cm³/mol. The SMILES string of the molecule is COC(=O)[C@@H](OC(C)(C)C)c1c(C)c(-c2ccncc2)c2nc3cn2c1N1CCC(C)(CC1)OCCCC[C@H](C)Oc1ccc(F)cc1-c1cccc-3c1. The predicted octanol–water partition coefficient (Wildman–Crippen LogP) is 9.53. The van der Waals surface area contributed by atoms with E-state index >= 15 is 0 Å². The molecule has 0 spiro atoms. The van der Waals surface area contributed by atoms with E-state index in [0.717, 1.165) is 82.6 Å². The van der Waals surface area contributed by atoms with E-state index in [1.165, 1.54) is 19.2 Å². The van der Waals surface area contributed by atoms with Crippen molar-refractivity contribution in [3.8, 4) is 39.3 Å². The van der Waals surface area contributed by atoms with Crippen LogP contribution in [0.15, 0.2) is 73.2 Å². The first-order chi connectivity index (χ1) is 25.8. The van der Waals surface area contributed by atoms with Gasteiger partial charge in [-0.3, -0.25) is 9.38 Å². The van der Waals surface area contributed by atoms with Crippen LogP contribution in [0.2, 0.25) is 0 Å². The average molecular weight is 735 g/mol. The first-order valence-electron chi connectivity index (χ1n) is 19.0. The lowest BCUT2D eigenvalue weighted by Gasteiger charge is -2.42. The van der Waals surface area contributed by atoms with Crippen molar-refractivity contribution >= 4 is 17.4 Å². The number of anilines is 1. The van der Waals surface area contributed by atoms with E-state index in [0.29, 0.717) is 31.0 Å². The van der Waals surface area contributed by atoms with E-state index in [9.17, 15) is 9.18 Å². The van der Waals surface area contributed by atoms with Gasteiger partial charge in [-0.15, -0.1) is 0 Å². The minimum Gasteiger partial charge on any atom is -0.490 e. The second kappa shape index (κ2) is 15.1. The largest absolute Gasteiger partial charge is 0.490 e. The van der Waals surface area contributed by atoms with Gasteiger partial charge in [0, 0.05) is 60.5 Å². The molecule has 0 amide bonds. The third-order valence-corrected chi connectivity index (χ3v) is 10.6. The molecule has 3 aliphatic rings. The van der Waals surface area contributed by atoms with Crippen molar-refractivity contribution < 1.29 is 28.1 Å². The van der Waals surface area contributed by atoms with Gasteiger partial charge < -0.3 is 23.8 Å². The molecule has 284 valence electrons. The number of hydrogen-bond acceptors (Lipinski definition) is 8. The summed E-state index contributed by atoms with van der Waals surface area (Å²) in [4.78, 5) is 25.8. The number of benzene rings is 2. The van der Waals surface area contributed by atoms with Gasteiger partial charge in [0.05, 0.1) is 30.1 Å². The second-order valence-corrected chi connectivity index (χ2v) is 15.9. The normalized spacial score (nSPS) is 20.0. The molecular formula is C44H51FN4O5. The molecule has 3 aliphatic heterocycles. The molecule has 0 radical (unpaired) electrons. The molecule has 9 nitrogen and oxygen atoms in total. The van der Waals surface area contributed by atoms with Crippen LogP contribution in [-0.4, -0.2) is 64.5 Å². The maximum absolute atomic E-state index is 14.8. The summed E-state index contributed by atoms with van der Waals surface area (Å²) in [6.45, 7) is 14.2. The lowest BCUT2D eigenvalue weighted by molar-refractivity contribution is -0.164. The summed E-state index contributed by atoms with van der Waals surface area (Å²) < 4.78 is 42.1. The zero-order chi connectivity index (χ0) is 38.2. The number of ether oxygens (including phenoxy) is 4. The zero-order valence-corrected chi connectivity index (χ0v) is 32.4. The lowest BCUT2D eigenvalue weighted by atomic mass is 9.91. The number of piperidine rings is 1. The Morgan fingerprint density at radius 3 is 2.48 bits per heavy atom. The fourth-order valence-electron chi connectivity index (χ4n) is 7.78. The van der Waals surface area contributed by atoms with Gasteiger partial charge in [-0.25, -0.2) is 14.2 Å². The number of rotatable bonds is 4. The monoisotopic (exact) mass is 734 g/mol. The Bertz CT molecular complexity index is 2130. The summed E-state index contributed by atoms with van der Waals surface area (Å²) in [6.07, 6.45) is 8.80. The number of esters is 1. The Labute approximate surface area is 317 Å². The maximum Gasteiger partial charge on any atom is 0.339 e. The molecule has 3 aromatic heterocycles. The third-order valence-electron chi connectivity index (χ3n) is 10.6. The van der Waals surface area contributed by atoms with Gasteiger partial charge in [0.2, 0.25) is 0 Å². The standard InChI is InChI=1S/C44H51FN4O5/c1-28-11-8-9-24-52-44(6)18-22-48(23-19-44)41-38(39(42(50)51-7)54-43(3,4)5)29(2)37(30-16-20-46-21-17-30)40-47-35(27-49(40)41)32-13-10-12-31(25-32)34-26-33(45)14-15-36(34)53-28/h10,12-17,20-21,25-28,39H,8-9,11,18-19,22-24H2,1-7H3/t28-,39-/m0/s1. The van der Waals surface area contributed by atoms with Crippen LogP contribution in [0.3, 0.4) is 0 Å². The Morgan fingerprint density at radius 2 is 1.76 bits per heavy atom. The molecule has 0 N–H and O–H groups in total. The van der Waals surface area contributed by atoms with Crippen molar-refractivity contribution in [2.24, 2.45) is 0 Å². The van der Waals surface area contributed by atoms with Gasteiger partial charge in [-0.05, 0) is 127 Å². The fourth-order valence-corrected chi connectivity index (χ4v) is 7.78. The number of methoxy groups -OCH3 is 1. The third kappa shape index (κ3) is 7.72. The summed E-state index contributed by atoms with van der Waals surface area (Å²) in [7, 11) is 1.40. The Kier molecular flexibility index (Phi) is 10.5. The summed E-state index contributed by atoms with van der Waals surface area (Å²) >= 11 is 0. The second-order valence-electron chi connectivity index (χ2n) is 15.9. The van der Waals surface area contributed by atoms with E-state index in [1.807, 2.05) is 70.3 Å². The van der Waals surface area contributed by atoms with Crippen molar-refractivity contribution in [3.63, 3.8) is 0 Å². The summed E-state index contributed by atoms with van der Waals surface area (Å²) in [6, 6.07) is 16.6. The van der Waals surface area contributed by atoms with Crippen LogP contribution < -0.4 is 9.64 Å². The highest BCUT2D eigenvalue weighted by Crippen LogP contribution is 2.44. The van der Waals surface area contributed by atoms with Crippen LogP contribution in [-0.2, 0) is 19.0 Å². The van der Waals surface area contributed by atoms with Gasteiger partial charge >= 0.3 is 5.97 Å². The van der Waals surface area contributed by atoms with Gasteiger partial charge in [0.1, 0.15) is 23.0 Å². The smallest absolute Gasteiger partial charge is 0.339 e. The first-order valence-corrected chi connectivity index (χ1v) is 19.0. The maximum atomic E-state index is 14.8. The number of carbonyl (C=O) groups is 1. The van der Waals surface area contributed by atoms with Gasteiger partial charge in [-0.2, -0.15) is 0 Å². The number of nitrogens with zero attached hydrogens (tertiary/aromatic N) is 4. The van der Waals surface area contributed by atoms with Crippen molar-refractivity contribution in [1.29, 1.82) is 0 Å². The number of aromatic nitrogens is 3. The molecule has 54 heavy (non-hydrogen) atoms. The van der Waals surface area contributed by atoms with Gasteiger partial charge in [0.25, 0.3) is 0 Å². The number of fused-ring (bicyclic) bond motifs is 8. The topological polar surface area (TPSA) is 87.4 Å². The minimum absolute atomic E-state index is 0.0567. The Hall–Kier alpha value is -4.80. The molecule has 6 heterocycles. The van der Waals surface area contributed by atoms with Crippen molar-refractivity contribution in [2.75, 3.05) is 31.7 Å². The Balaban J connectivity index is 1.51. The molecule has 1 fully saturated rings. The van der Waals surface area contributed by atoms with Gasteiger partial charge in [0.15, 0.2) is 6.10 Å². The van der Waals surface area contributed by atoms with E-state index < -0.39 is 17.7 Å². The van der Waals surface area contributed by atoms with Crippen LogP contribution in [0.4, 0.5) is 10.2 Å². The highest BCUT2D eigenvalue weighted by molar-refractivity contribution is 5.90. The van der Waals surface area contributed by atoms with Gasteiger partial charge in [-0.1, -0.05) is 18.2 Å². The van der Waals surface area contributed by atoms with Crippen LogP contribution in [0.5, 0.6) is 5.75 Å². The van der Waals surface area contributed by atoms with E-state index in [-0.39, 0.29) is 17.5 Å². The molecule has 10 heteroatoms. The molecule has 0 aliphatic carbocycles. The van der Waals surface area contributed by atoms with Crippen molar-refractivity contribution in [3.05, 3.63) is 90.1 Å². The number of imidazole rings is 1. The highest BCUT2D eigenvalue weighted by Gasteiger charge is 2.39. The summed E-state index contributed by atoms with van der Waals surface area (Å²) in [5, 5.41) is 0. The van der Waals surface area contributed by atoms with E-state index in [2.05, 4.69) is 28.1 Å². The summed E-state index contributed by atoms with van der Waals surface area (Å²) in [5.41, 5.74) is 6.23. The molecule has 0 unspecified atom stereocenters. The molecule has 8 rings (SSSR count). The van der Waals surface area contributed by atoms with Crippen molar-refractivity contribution in [1.82, 2.24) is 14.4 Å². The number of halogens is 1. The molecule has 0 saturated carbocycles. The molecule has 6 bridgehead atoms. The zero-order valence-electron chi connectivity index (χ0n) is 32.4. The lowest BCUT2D eigenvalue weighted by Crippen LogP contribution is -2.45. The molecule has 2 aromatic carbocycles. The molecule has 1 saturated heterocycles. The quantitative estimate of drug-likeness (QED) is 0.169. The molecule has 2 atom stereocenters. The van der Waals surface area contributed by atoms with Crippen LogP contribution >= 0.6 is 0 Å². The van der Waals surface area contributed by atoms with Crippen LogP contribution in [0, 0.1) is 12.7 Å². The number of carbonyl (C=O) groups excluding carboxylic acids is 1. The molecular weight excluding hydrogens is 684 g/mol. The van der Waals surface area contributed by atoms with Crippen LogP contribution in [0.25, 0.3) is 39.2 Å². The Morgan fingerprint density at radius 1 is 1.02 bits per heavy atom. The highest BCUT2D eigenvalue weighted by atomic mass is 19.1. The van der Waals surface area contributed by atoms with E-state index in [4.69, 9.17) is 23.9 Å². The summed E-state index contributed by atoms with van der Waals surface area (Å²) in [5.74, 6) is 0.659. The number of pyridine rings is 2. The van der Waals surface area contributed by atoms with E-state index in [1.54, 1.807) is 18.5 Å². The van der Waals surface area contributed by atoms with Crippen molar-refractivity contribution in [2.45, 2.75) is 97.1 Å². The first kappa shape index (κ1) is 37.5. The minimum atomic E-state index is -1.02. The van der Waals surface area contributed by atoms with Crippen LogP contribution in [0.1, 0.15) is 84.0 Å². The fraction of sp³-hybridized carbons (Fsp3) is 0.432.